The molecule has 1 aromatic carbocycles. The van der Waals surface area contributed by atoms with Crippen molar-refractivity contribution in [3.05, 3.63) is 47.8 Å². The third kappa shape index (κ3) is 3.20. The molecular formula is C16H22N4. The van der Waals surface area contributed by atoms with Crippen molar-refractivity contribution in [3.63, 3.8) is 0 Å². The Hall–Kier alpha value is -1.81. The molecule has 1 saturated heterocycles. The Labute approximate surface area is 120 Å². The van der Waals surface area contributed by atoms with Gasteiger partial charge in [-0.1, -0.05) is 30.3 Å². The third-order valence-corrected chi connectivity index (χ3v) is 3.94. The molecule has 1 atom stereocenters. The lowest BCUT2D eigenvalue weighted by molar-refractivity contribution is 0.208. The van der Waals surface area contributed by atoms with E-state index in [-0.39, 0.29) is 0 Å². The van der Waals surface area contributed by atoms with E-state index in [0.717, 1.165) is 24.5 Å². The number of nitrogens with one attached hydrogen (secondary N) is 2. The monoisotopic (exact) mass is 270 g/mol. The number of nitrogens with zero attached hydrogens (tertiary/aromatic N) is 2. The predicted molar refractivity (Wildman–Crippen MR) is 81.7 cm³/mol. The lowest BCUT2D eigenvalue weighted by atomic mass is 10.0. The van der Waals surface area contributed by atoms with E-state index in [9.17, 15) is 0 Å². The Balaban J connectivity index is 1.58. The maximum Gasteiger partial charge on any atom is 0.0756 e. The van der Waals surface area contributed by atoms with Crippen LogP contribution in [-0.2, 0) is 6.54 Å². The van der Waals surface area contributed by atoms with Crippen molar-refractivity contribution in [2.24, 2.45) is 0 Å². The standard InChI is InChI=1S/C16H22N4/c1-13-16(10-17-19-13)18-15-8-5-9-20(12-15)11-14-6-3-2-4-7-14/h2-4,6-7,10,15,18H,5,8-9,11-12H2,1H3,(H,17,19). The lowest BCUT2D eigenvalue weighted by Gasteiger charge is -2.33. The molecule has 0 amide bonds. The average molecular weight is 270 g/mol. The van der Waals surface area contributed by atoms with Gasteiger partial charge in [-0.3, -0.25) is 10.00 Å². The number of likely N-dealkylation sites (tertiary alicyclic amines) is 1. The molecule has 1 aliphatic rings. The fourth-order valence-electron chi connectivity index (χ4n) is 2.87. The van der Waals surface area contributed by atoms with Crippen LogP contribution < -0.4 is 5.32 Å². The molecule has 2 N–H and O–H groups in total. The number of aromatic amines is 1. The molecular weight excluding hydrogens is 248 g/mol. The van der Waals surface area contributed by atoms with Crippen molar-refractivity contribution in [2.75, 3.05) is 18.4 Å². The zero-order chi connectivity index (χ0) is 13.8. The molecule has 2 aromatic rings. The van der Waals surface area contributed by atoms with Gasteiger partial charge >= 0.3 is 0 Å². The molecule has 0 spiro atoms. The van der Waals surface area contributed by atoms with Crippen molar-refractivity contribution < 1.29 is 0 Å². The van der Waals surface area contributed by atoms with Crippen LogP contribution in [-0.4, -0.2) is 34.2 Å². The van der Waals surface area contributed by atoms with Crippen LogP contribution in [0.2, 0.25) is 0 Å². The fraction of sp³-hybridized carbons (Fsp3) is 0.438. The molecule has 106 valence electrons. The van der Waals surface area contributed by atoms with Gasteiger partial charge < -0.3 is 5.32 Å². The van der Waals surface area contributed by atoms with Gasteiger partial charge in [-0.05, 0) is 31.9 Å². The molecule has 0 aliphatic carbocycles. The first kappa shape index (κ1) is 13.2. The first-order valence-corrected chi connectivity index (χ1v) is 7.34. The van der Waals surface area contributed by atoms with Gasteiger partial charge in [0.05, 0.1) is 17.6 Å². The Morgan fingerprint density at radius 2 is 2.20 bits per heavy atom. The SMILES string of the molecule is Cc1[nH]ncc1NC1CCCN(Cc2ccccc2)C1. The molecule has 4 nitrogen and oxygen atoms in total. The second-order valence-corrected chi connectivity index (χ2v) is 5.61. The minimum absolute atomic E-state index is 0.517. The van der Waals surface area contributed by atoms with Crippen LogP contribution in [0.1, 0.15) is 24.1 Å². The number of rotatable bonds is 4. The zero-order valence-electron chi connectivity index (χ0n) is 12.0. The number of anilines is 1. The summed E-state index contributed by atoms with van der Waals surface area (Å²) in [6, 6.07) is 11.2. The number of H-pyrrole nitrogens is 1. The van der Waals surface area contributed by atoms with Gasteiger partial charge in [0.1, 0.15) is 0 Å². The van der Waals surface area contributed by atoms with Crippen LogP contribution in [0, 0.1) is 6.92 Å². The molecule has 1 aliphatic heterocycles. The summed E-state index contributed by atoms with van der Waals surface area (Å²) in [7, 11) is 0. The molecule has 20 heavy (non-hydrogen) atoms. The van der Waals surface area contributed by atoms with Crippen LogP contribution in [0.25, 0.3) is 0 Å². The third-order valence-electron chi connectivity index (χ3n) is 3.94. The largest absolute Gasteiger partial charge is 0.378 e. The number of hydrogen-bond donors (Lipinski definition) is 2. The summed E-state index contributed by atoms with van der Waals surface area (Å²) in [6.45, 7) is 5.39. The summed E-state index contributed by atoms with van der Waals surface area (Å²) in [5, 5.41) is 10.7. The molecule has 0 radical (unpaired) electrons. The quantitative estimate of drug-likeness (QED) is 0.898. The fourth-order valence-corrected chi connectivity index (χ4v) is 2.87. The van der Waals surface area contributed by atoms with E-state index in [1.165, 1.54) is 24.9 Å². The van der Waals surface area contributed by atoms with Crippen molar-refractivity contribution in [2.45, 2.75) is 32.4 Å². The second-order valence-electron chi connectivity index (χ2n) is 5.61. The Morgan fingerprint density at radius 1 is 1.35 bits per heavy atom. The number of piperidine rings is 1. The van der Waals surface area contributed by atoms with Gasteiger partial charge in [0.15, 0.2) is 0 Å². The van der Waals surface area contributed by atoms with Crippen molar-refractivity contribution in [3.8, 4) is 0 Å². The van der Waals surface area contributed by atoms with E-state index >= 15 is 0 Å². The van der Waals surface area contributed by atoms with Crippen LogP contribution in [0.4, 0.5) is 5.69 Å². The first-order valence-electron chi connectivity index (χ1n) is 7.34. The molecule has 3 rings (SSSR count). The lowest BCUT2D eigenvalue weighted by Crippen LogP contribution is -2.41. The van der Waals surface area contributed by atoms with E-state index in [1.807, 2.05) is 6.20 Å². The van der Waals surface area contributed by atoms with E-state index in [1.54, 1.807) is 0 Å². The molecule has 2 heterocycles. The number of hydrogen-bond acceptors (Lipinski definition) is 3. The summed E-state index contributed by atoms with van der Waals surface area (Å²) < 4.78 is 0. The minimum atomic E-state index is 0.517. The van der Waals surface area contributed by atoms with E-state index < -0.39 is 0 Å². The van der Waals surface area contributed by atoms with Gasteiger partial charge in [0.25, 0.3) is 0 Å². The predicted octanol–water partition coefficient (Wildman–Crippen LogP) is 2.79. The molecule has 1 fully saturated rings. The van der Waals surface area contributed by atoms with Crippen molar-refractivity contribution >= 4 is 5.69 Å². The molecule has 1 aromatic heterocycles. The number of aryl methyl sites for hydroxylation is 1. The van der Waals surface area contributed by atoms with Crippen LogP contribution in [0.5, 0.6) is 0 Å². The summed E-state index contributed by atoms with van der Waals surface area (Å²) in [5.74, 6) is 0. The zero-order valence-corrected chi connectivity index (χ0v) is 12.0. The highest BCUT2D eigenvalue weighted by Gasteiger charge is 2.20. The normalized spacial score (nSPS) is 19.9. The van der Waals surface area contributed by atoms with Crippen LogP contribution in [0.15, 0.2) is 36.5 Å². The number of benzene rings is 1. The maximum atomic E-state index is 4.07. The van der Waals surface area contributed by atoms with Gasteiger partial charge in [-0.25, -0.2) is 0 Å². The minimum Gasteiger partial charge on any atom is -0.378 e. The summed E-state index contributed by atoms with van der Waals surface area (Å²) in [4.78, 5) is 2.53. The van der Waals surface area contributed by atoms with Gasteiger partial charge in [0.2, 0.25) is 0 Å². The van der Waals surface area contributed by atoms with Crippen molar-refractivity contribution in [1.29, 1.82) is 0 Å². The Morgan fingerprint density at radius 3 is 2.95 bits per heavy atom. The summed E-state index contributed by atoms with van der Waals surface area (Å²) in [6.07, 6.45) is 4.36. The summed E-state index contributed by atoms with van der Waals surface area (Å²) in [5.41, 5.74) is 3.65. The van der Waals surface area contributed by atoms with Crippen LogP contribution >= 0.6 is 0 Å². The van der Waals surface area contributed by atoms with Gasteiger partial charge in [-0.15, -0.1) is 0 Å². The maximum absolute atomic E-state index is 4.07. The van der Waals surface area contributed by atoms with Gasteiger partial charge in [0, 0.05) is 19.1 Å². The highest BCUT2D eigenvalue weighted by molar-refractivity contribution is 5.46. The van der Waals surface area contributed by atoms with Gasteiger partial charge in [-0.2, -0.15) is 5.10 Å². The second kappa shape index (κ2) is 6.09. The molecule has 1 unspecified atom stereocenters. The molecule has 0 bridgehead atoms. The molecule has 0 saturated carbocycles. The highest BCUT2D eigenvalue weighted by atomic mass is 15.2. The molecule has 4 heteroatoms. The highest BCUT2D eigenvalue weighted by Crippen LogP contribution is 2.19. The smallest absolute Gasteiger partial charge is 0.0756 e. The Bertz CT molecular complexity index is 534. The Kier molecular flexibility index (Phi) is 4.02. The van der Waals surface area contributed by atoms with E-state index in [0.29, 0.717) is 6.04 Å². The summed E-state index contributed by atoms with van der Waals surface area (Å²) >= 11 is 0. The van der Waals surface area contributed by atoms with E-state index in [2.05, 4.69) is 57.7 Å². The first-order chi connectivity index (χ1) is 9.81. The topological polar surface area (TPSA) is 44.0 Å². The average Bonchev–Trinajstić information content (AvgIpc) is 2.86. The van der Waals surface area contributed by atoms with Crippen molar-refractivity contribution in [1.82, 2.24) is 15.1 Å². The number of aromatic nitrogens is 2. The van der Waals surface area contributed by atoms with E-state index in [4.69, 9.17) is 0 Å². The van der Waals surface area contributed by atoms with Crippen LogP contribution in [0.3, 0.4) is 0 Å².